The molecule has 3 N–H and O–H groups in total. The monoisotopic (exact) mass is 296 g/mol. The Labute approximate surface area is 127 Å². The van der Waals surface area contributed by atoms with E-state index in [2.05, 4.69) is 4.98 Å². The van der Waals surface area contributed by atoms with Crippen LogP contribution in [0.25, 0.3) is 10.9 Å². The van der Waals surface area contributed by atoms with E-state index < -0.39 is 6.04 Å². The standard InChI is InChI=1S/C17H16N2O3/c18-12(10-20)9-15-13(17(21)16-6-3-7-22-16)8-11-4-1-2-5-14(11)19-15/h1-8,12,20H,9-10,18H2. The predicted octanol–water partition coefficient (Wildman–Crippen LogP) is 1.92. The van der Waals surface area contributed by atoms with Gasteiger partial charge in [0.15, 0.2) is 5.76 Å². The SMILES string of the molecule is NC(CO)Cc1nc2ccccc2cc1C(=O)c1ccco1. The fraction of sp³-hybridized carbons (Fsp3) is 0.176. The number of hydrogen-bond donors (Lipinski definition) is 2. The molecule has 0 bridgehead atoms. The highest BCUT2D eigenvalue weighted by atomic mass is 16.3. The molecule has 1 unspecified atom stereocenters. The second-order valence-electron chi connectivity index (χ2n) is 5.13. The normalized spacial score (nSPS) is 12.5. The third kappa shape index (κ3) is 2.77. The highest BCUT2D eigenvalue weighted by Crippen LogP contribution is 2.21. The summed E-state index contributed by atoms with van der Waals surface area (Å²) < 4.78 is 5.19. The fourth-order valence-electron chi connectivity index (χ4n) is 2.36. The van der Waals surface area contributed by atoms with Crippen LogP contribution < -0.4 is 5.73 Å². The van der Waals surface area contributed by atoms with E-state index in [0.717, 1.165) is 10.9 Å². The molecule has 3 aromatic rings. The van der Waals surface area contributed by atoms with Gasteiger partial charge in [0.2, 0.25) is 5.78 Å². The molecule has 0 aliphatic rings. The lowest BCUT2D eigenvalue weighted by molar-refractivity contribution is 0.101. The summed E-state index contributed by atoms with van der Waals surface area (Å²) >= 11 is 0. The third-order valence-electron chi connectivity index (χ3n) is 3.48. The summed E-state index contributed by atoms with van der Waals surface area (Å²) in [5.41, 5.74) is 7.63. The van der Waals surface area contributed by atoms with Crippen molar-refractivity contribution >= 4 is 16.7 Å². The van der Waals surface area contributed by atoms with Crippen LogP contribution in [-0.2, 0) is 6.42 Å². The van der Waals surface area contributed by atoms with Crippen LogP contribution in [0.1, 0.15) is 21.8 Å². The van der Waals surface area contributed by atoms with Crippen LogP contribution in [0.5, 0.6) is 0 Å². The quantitative estimate of drug-likeness (QED) is 0.702. The lowest BCUT2D eigenvalue weighted by Crippen LogP contribution is -2.28. The molecule has 0 aliphatic heterocycles. The molecule has 0 spiro atoms. The molecule has 112 valence electrons. The predicted molar refractivity (Wildman–Crippen MR) is 82.6 cm³/mol. The minimum atomic E-state index is -0.461. The summed E-state index contributed by atoms with van der Waals surface area (Å²) in [5.74, 6) is 0.0271. The summed E-state index contributed by atoms with van der Waals surface area (Å²) in [6.07, 6.45) is 1.78. The first-order chi connectivity index (χ1) is 10.7. The van der Waals surface area contributed by atoms with Crippen LogP contribution in [0, 0.1) is 0 Å². The average Bonchev–Trinajstić information content (AvgIpc) is 3.08. The first-order valence-electron chi connectivity index (χ1n) is 7.02. The number of fused-ring (bicyclic) bond motifs is 1. The van der Waals surface area contributed by atoms with Crippen molar-refractivity contribution in [2.24, 2.45) is 5.73 Å². The van der Waals surface area contributed by atoms with Crippen LogP contribution in [0.3, 0.4) is 0 Å². The maximum absolute atomic E-state index is 12.6. The van der Waals surface area contributed by atoms with Crippen molar-refractivity contribution < 1.29 is 14.3 Å². The second kappa shape index (κ2) is 6.09. The van der Waals surface area contributed by atoms with Crippen molar-refractivity contribution in [3.8, 4) is 0 Å². The Kier molecular flexibility index (Phi) is 4.00. The molecule has 22 heavy (non-hydrogen) atoms. The zero-order chi connectivity index (χ0) is 15.5. The molecule has 0 saturated carbocycles. The molecule has 0 saturated heterocycles. The maximum atomic E-state index is 12.6. The van der Waals surface area contributed by atoms with Gasteiger partial charge >= 0.3 is 0 Å². The molecule has 0 amide bonds. The van der Waals surface area contributed by atoms with Gasteiger partial charge in [0.05, 0.1) is 24.1 Å². The zero-order valence-corrected chi connectivity index (χ0v) is 11.9. The van der Waals surface area contributed by atoms with Crippen molar-refractivity contribution in [2.45, 2.75) is 12.5 Å². The van der Waals surface area contributed by atoms with Crippen LogP contribution in [0.2, 0.25) is 0 Å². The van der Waals surface area contributed by atoms with Crippen LogP contribution in [0.4, 0.5) is 0 Å². The molecule has 3 rings (SSSR count). The van der Waals surface area contributed by atoms with Crippen molar-refractivity contribution in [1.82, 2.24) is 4.98 Å². The van der Waals surface area contributed by atoms with Gasteiger partial charge in [-0.15, -0.1) is 0 Å². The summed E-state index contributed by atoms with van der Waals surface area (Å²) in [4.78, 5) is 17.1. The number of hydrogen-bond acceptors (Lipinski definition) is 5. The molecule has 2 aromatic heterocycles. The van der Waals surface area contributed by atoms with E-state index in [0.29, 0.717) is 17.7 Å². The zero-order valence-electron chi connectivity index (χ0n) is 11.9. The van der Waals surface area contributed by atoms with Gasteiger partial charge in [-0.3, -0.25) is 9.78 Å². The number of benzene rings is 1. The van der Waals surface area contributed by atoms with E-state index in [4.69, 9.17) is 15.3 Å². The Morgan fingerprint density at radius 2 is 2.09 bits per heavy atom. The third-order valence-corrected chi connectivity index (χ3v) is 3.48. The first kappa shape index (κ1) is 14.4. The van der Waals surface area contributed by atoms with Gasteiger partial charge < -0.3 is 15.3 Å². The minimum Gasteiger partial charge on any atom is -0.461 e. The van der Waals surface area contributed by atoms with Crippen LogP contribution >= 0.6 is 0 Å². The Bertz CT molecular complexity index is 797. The van der Waals surface area contributed by atoms with Gasteiger partial charge in [-0.1, -0.05) is 18.2 Å². The molecule has 5 nitrogen and oxygen atoms in total. The van der Waals surface area contributed by atoms with Gasteiger partial charge in [0.25, 0.3) is 0 Å². The number of carbonyl (C=O) groups excluding carboxylic acids is 1. The van der Waals surface area contributed by atoms with E-state index >= 15 is 0 Å². The van der Waals surface area contributed by atoms with E-state index in [1.807, 2.05) is 24.3 Å². The van der Waals surface area contributed by atoms with Gasteiger partial charge in [-0.25, -0.2) is 0 Å². The Balaban J connectivity index is 2.12. The average molecular weight is 296 g/mol. The first-order valence-corrected chi connectivity index (χ1v) is 7.02. The Morgan fingerprint density at radius 1 is 1.27 bits per heavy atom. The summed E-state index contributed by atoms with van der Waals surface area (Å²) in [5, 5.41) is 10.0. The van der Waals surface area contributed by atoms with E-state index in [-0.39, 0.29) is 18.2 Å². The molecule has 1 atom stereocenters. The number of aliphatic hydroxyl groups excluding tert-OH is 1. The Hall–Kier alpha value is -2.50. The molecule has 0 fully saturated rings. The van der Waals surface area contributed by atoms with Crippen molar-refractivity contribution in [2.75, 3.05) is 6.61 Å². The van der Waals surface area contributed by atoms with Crippen molar-refractivity contribution in [3.63, 3.8) is 0 Å². The number of ketones is 1. The number of nitrogens with zero attached hydrogens (tertiary/aromatic N) is 1. The summed E-state index contributed by atoms with van der Waals surface area (Å²) in [6.45, 7) is -0.164. The Morgan fingerprint density at radius 3 is 2.82 bits per heavy atom. The fourth-order valence-corrected chi connectivity index (χ4v) is 2.36. The van der Waals surface area contributed by atoms with Gasteiger partial charge in [0.1, 0.15) is 0 Å². The molecule has 2 heterocycles. The molecule has 1 aromatic carbocycles. The van der Waals surface area contributed by atoms with Gasteiger partial charge in [-0.05, 0) is 24.3 Å². The summed E-state index contributed by atoms with van der Waals surface area (Å²) in [7, 11) is 0. The topological polar surface area (TPSA) is 89.4 Å². The number of aliphatic hydroxyl groups is 1. The number of carbonyl (C=O) groups is 1. The van der Waals surface area contributed by atoms with Crippen molar-refractivity contribution in [1.29, 1.82) is 0 Å². The minimum absolute atomic E-state index is 0.164. The number of pyridine rings is 1. The second-order valence-corrected chi connectivity index (χ2v) is 5.13. The van der Waals surface area contributed by atoms with Gasteiger partial charge in [0, 0.05) is 23.4 Å². The largest absolute Gasteiger partial charge is 0.461 e. The van der Waals surface area contributed by atoms with E-state index in [1.54, 1.807) is 18.2 Å². The molecule has 0 radical (unpaired) electrons. The number of aromatic nitrogens is 1. The smallest absolute Gasteiger partial charge is 0.230 e. The van der Waals surface area contributed by atoms with Crippen LogP contribution in [-0.4, -0.2) is 28.5 Å². The summed E-state index contributed by atoms with van der Waals surface area (Å²) in [6, 6.07) is 12.2. The number of para-hydroxylation sites is 1. The number of furan rings is 1. The van der Waals surface area contributed by atoms with Crippen LogP contribution in [0.15, 0.2) is 53.1 Å². The van der Waals surface area contributed by atoms with E-state index in [1.165, 1.54) is 6.26 Å². The highest BCUT2D eigenvalue weighted by molar-refractivity contribution is 6.09. The number of nitrogens with two attached hydrogens (primary N) is 1. The number of rotatable bonds is 5. The van der Waals surface area contributed by atoms with Gasteiger partial charge in [-0.2, -0.15) is 0 Å². The maximum Gasteiger partial charge on any atom is 0.230 e. The van der Waals surface area contributed by atoms with Crippen molar-refractivity contribution in [3.05, 3.63) is 65.7 Å². The lowest BCUT2D eigenvalue weighted by Gasteiger charge is -2.12. The lowest BCUT2D eigenvalue weighted by atomic mass is 10.00. The highest BCUT2D eigenvalue weighted by Gasteiger charge is 2.19. The van der Waals surface area contributed by atoms with E-state index in [9.17, 15) is 4.79 Å². The molecule has 5 heteroatoms. The molecular weight excluding hydrogens is 280 g/mol. The molecular formula is C17H16N2O3. The molecule has 0 aliphatic carbocycles.